The summed E-state index contributed by atoms with van der Waals surface area (Å²) in [5.41, 5.74) is 0.536. The molecule has 0 atom stereocenters. The highest BCUT2D eigenvalue weighted by atomic mass is 32.2. The molecular formula is C17H20N2O5S. The third kappa shape index (κ3) is 5.77. The number of anilines is 1. The maximum absolute atomic E-state index is 12.2. The van der Waals surface area contributed by atoms with Crippen molar-refractivity contribution in [3.05, 3.63) is 48.5 Å². The van der Waals surface area contributed by atoms with Crippen LogP contribution < -0.4 is 19.5 Å². The number of sulfonamides is 1. The summed E-state index contributed by atoms with van der Waals surface area (Å²) in [5.74, 6) is 1.12. The van der Waals surface area contributed by atoms with Gasteiger partial charge in [-0.1, -0.05) is 0 Å². The van der Waals surface area contributed by atoms with Crippen molar-refractivity contribution in [1.82, 2.24) is 4.72 Å². The zero-order valence-electron chi connectivity index (χ0n) is 14.0. The van der Waals surface area contributed by atoms with Gasteiger partial charge in [0.15, 0.2) is 0 Å². The Morgan fingerprint density at radius 1 is 1.00 bits per heavy atom. The first-order valence-corrected chi connectivity index (χ1v) is 9.03. The Kier molecular flexibility index (Phi) is 6.37. The van der Waals surface area contributed by atoms with E-state index in [2.05, 4.69) is 10.0 Å². The molecule has 2 rings (SSSR count). The predicted molar refractivity (Wildman–Crippen MR) is 94.4 cm³/mol. The Bertz CT molecular complexity index is 802. The van der Waals surface area contributed by atoms with E-state index >= 15 is 0 Å². The molecule has 2 aromatic carbocycles. The molecule has 0 spiro atoms. The van der Waals surface area contributed by atoms with Gasteiger partial charge in [0.1, 0.15) is 18.1 Å². The van der Waals surface area contributed by atoms with Crippen molar-refractivity contribution in [2.24, 2.45) is 0 Å². The smallest absolute Gasteiger partial charge is 0.240 e. The largest absolute Gasteiger partial charge is 0.497 e. The van der Waals surface area contributed by atoms with Crippen LogP contribution in [0.2, 0.25) is 0 Å². The Hall–Kier alpha value is -2.58. The Balaban J connectivity index is 1.85. The van der Waals surface area contributed by atoms with E-state index < -0.39 is 10.0 Å². The lowest BCUT2D eigenvalue weighted by molar-refractivity contribution is -0.114. The van der Waals surface area contributed by atoms with Crippen LogP contribution >= 0.6 is 0 Å². The molecule has 0 heterocycles. The molecular weight excluding hydrogens is 344 g/mol. The van der Waals surface area contributed by atoms with Gasteiger partial charge < -0.3 is 14.8 Å². The Morgan fingerprint density at radius 3 is 2.16 bits per heavy atom. The van der Waals surface area contributed by atoms with E-state index in [-0.39, 0.29) is 24.0 Å². The number of carbonyl (C=O) groups excluding carboxylic acids is 1. The zero-order valence-corrected chi connectivity index (χ0v) is 14.8. The number of benzene rings is 2. The second kappa shape index (κ2) is 8.50. The van der Waals surface area contributed by atoms with E-state index in [1.54, 1.807) is 31.4 Å². The van der Waals surface area contributed by atoms with E-state index in [1.165, 1.54) is 31.2 Å². The minimum absolute atomic E-state index is 0.117. The molecule has 0 bridgehead atoms. The predicted octanol–water partition coefficient (Wildman–Crippen LogP) is 2.01. The second-order valence-corrected chi connectivity index (χ2v) is 6.89. The van der Waals surface area contributed by atoms with Gasteiger partial charge in [0.25, 0.3) is 0 Å². The number of carbonyl (C=O) groups is 1. The summed E-state index contributed by atoms with van der Waals surface area (Å²) < 4.78 is 37.4. The molecule has 2 aromatic rings. The summed E-state index contributed by atoms with van der Waals surface area (Å²) in [6, 6.07) is 12.9. The van der Waals surface area contributed by atoms with E-state index in [9.17, 15) is 13.2 Å². The summed E-state index contributed by atoms with van der Waals surface area (Å²) in [4.78, 5) is 11.1. The molecule has 134 valence electrons. The van der Waals surface area contributed by atoms with Gasteiger partial charge in [0.2, 0.25) is 15.9 Å². The van der Waals surface area contributed by atoms with Crippen LogP contribution in [-0.4, -0.2) is 34.6 Å². The van der Waals surface area contributed by atoms with Crippen LogP contribution in [0.1, 0.15) is 6.92 Å². The van der Waals surface area contributed by atoms with Gasteiger partial charge >= 0.3 is 0 Å². The number of hydrogen-bond acceptors (Lipinski definition) is 5. The molecule has 0 aliphatic rings. The number of ether oxygens (including phenoxy) is 2. The molecule has 8 heteroatoms. The monoisotopic (exact) mass is 364 g/mol. The molecule has 0 saturated heterocycles. The second-order valence-electron chi connectivity index (χ2n) is 5.13. The number of rotatable bonds is 8. The normalized spacial score (nSPS) is 11.0. The third-order valence-electron chi connectivity index (χ3n) is 3.21. The summed E-state index contributed by atoms with van der Waals surface area (Å²) in [7, 11) is -2.06. The van der Waals surface area contributed by atoms with Crippen LogP contribution in [0.25, 0.3) is 0 Å². The van der Waals surface area contributed by atoms with Crippen molar-refractivity contribution in [3.63, 3.8) is 0 Å². The maximum atomic E-state index is 12.2. The van der Waals surface area contributed by atoms with Gasteiger partial charge in [-0.15, -0.1) is 0 Å². The van der Waals surface area contributed by atoms with E-state index in [4.69, 9.17) is 9.47 Å². The summed E-state index contributed by atoms with van der Waals surface area (Å²) in [5, 5.41) is 2.58. The van der Waals surface area contributed by atoms with Crippen LogP contribution in [-0.2, 0) is 14.8 Å². The van der Waals surface area contributed by atoms with E-state index in [0.29, 0.717) is 11.4 Å². The Labute approximate surface area is 147 Å². The van der Waals surface area contributed by atoms with Gasteiger partial charge in [-0.2, -0.15) is 0 Å². The summed E-state index contributed by atoms with van der Waals surface area (Å²) >= 11 is 0. The molecule has 0 unspecified atom stereocenters. The van der Waals surface area contributed by atoms with Crippen molar-refractivity contribution in [2.45, 2.75) is 11.8 Å². The SMILES string of the molecule is COc1ccc(OCCNS(=O)(=O)c2ccc(NC(C)=O)cc2)cc1. The Morgan fingerprint density at radius 2 is 1.60 bits per heavy atom. The van der Waals surface area contributed by atoms with Crippen molar-refractivity contribution in [1.29, 1.82) is 0 Å². The van der Waals surface area contributed by atoms with Crippen LogP contribution in [0.3, 0.4) is 0 Å². The lowest BCUT2D eigenvalue weighted by atomic mass is 10.3. The van der Waals surface area contributed by atoms with Crippen molar-refractivity contribution >= 4 is 21.6 Å². The fraction of sp³-hybridized carbons (Fsp3) is 0.235. The van der Waals surface area contributed by atoms with Gasteiger partial charge in [-0.25, -0.2) is 13.1 Å². The lowest BCUT2D eigenvalue weighted by Gasteiger charge is -2.09. The lowest BCUT2D eigenvalue weighted by Crippen LogP contribution is -2.28. The fourth-order valence-electron chi connectivity index (χ4n) is 2.02. The first-order valence-electron chi connectivity index (χ1n) is 7.55. The maximum Gasteiger partial charge on any atom is 0.240 e. The summed E-state index contributed by atoms with van der Waals surface area (Å²) in [6.45, 7) is 1.70. The van der Waals surface area contributed by atoms with Crippen molar-refractivity contribution < 1.29 is 22.7 Å². The van der Waals surface area contributed by atoms with E-state index in [1.807, 2.05) is 0 Å². The van der Waals surface area contributed by atoms with Crippen LogP contribution in [0, 0.1) is 0 Å². The molecule has 0 aromatic heterocycles. The number of amides is 1. The van der Waals surface area contributed by atoms with Crippen LogP contribution in [0.15, 0.2) is 53.4 Å². The topological polar surface area (TPSA) is 93.7 Å². The molecule has 7 nitrogen and oxygen atoms in total. The van der Waals surface area contributed by atoms with Gasteiger partial charge in [0, 0.05) is 19.2 Å². The molecule has 0 fully saturated rings. The molecule has 1 amide bonds. The van der Waals surface area contributed by atoms with Gasteiger partial charge in [-0.05, 0) is 48.5 Å². The minimum atomic E-state index is -3.63. The highest BCUT2D eigenvalue weighted by Crippen LogP contribution is 2.17. The van der Waals surface area contributed by atoms with Crippen molar-refractivity contribution in [2.75, 3.05) is 25.6 Å². The molecule has 0 saturated carbocycles. The fourth-order valence-corrected chi connectivity index (χ4v) is 3.03. The molecule has 0 aliphatic heterocycles. The standard InChI is InChI=1S/C17H20N2O5S/c1-13(20)19-14-3-9-17(10-4-14)25(21,22)18-11-12-24-16-7-5-15(23-2)6-8-16/h3-10,18H,11-12H2,1-2H3,(H,19,20). The summed E-state index contributed by atoms with van der Waals surface area (Å²) in [6.07, 6.45) is 0. The zero-order chi connectivity index (χ0) is 18.3. The average molecular weight is 364 g/mol. The highest BCUT2D eigenvalue weighted by molar-refractivity contribution is 7.89. The van der Waals surface area contributed by atoms with Crippen LogP contribution in [0.4, 0.5) is 5.69 Å². The van der Waals surface area contributed by atoms with Gasteiger partial charge in [-0.3, -0.25) is 4.79 Å². The number of nitrogens with one attached hydrogen (secondary N) is 2. The van der Waals surface area contributed by atoms with Gasteiger partial charge in [0.05, 0.1) is 12.0 Å². The van der Waals surface area contributed by atoms with Crippen LogP contribution in [0.5, 0.6) is 11.5 Å². The number of methoxy groups -OCH3 is 1. The first kappa shape index (κ1) is 18.8. The minimum Gasteiger partial charge on any atom is -0.497 e. The number of hydrogen-bond donors (Lipinski definition) is 2. The quantitative estimate of drug-likeness (QED) is 0.699. The van der Waals surface area contributed by atoms with E-state index in [0.717, 1.165) is 5.75 Å². The molecule has 25 heavy (non-hydrogen) atoms. The molecule has 2 N–H and O–H groups in total. The average Bonchev–Trinajstić information content (AvgIpc) is 2.59. The van der Waals surface area contributed by atoms with Crippen molar-refractivity contribution in [3.8, 4) is 11.5 Å². The highest BCUT2D eigenvalue weighted by Gasteiger charge is 2.13. The first-order chi connectivity index (χ1) is 11.9. The molecule has 0 aliphatic carbocycles. The third-order valence-corrected chi connectivity index (χ3v) is 4.68. The molecule has 0 radical (unpaired) electrons.